The zero-order chi connectivity index (χ0) is 7.40. The van der Waals surface area contributed by atoms with E-state index in [4.69, 9.17) is 0 Å². The Kier molecular flexibility index (Phi) is 7.13. The Morgan fingerprint density at radius 1 is 1.09 bits per heavy atom. The van der Waals surface area contributed by atoms with Crippen molar-refractivity contribution in [2.24, 2.45) is 0 Å². The van der Waals surface area contributed by atoms with Crippen molar-refractivity contribution in [1.82, 2.24) is 0 Å². The van der Waals surface area contributed by atoms with Crippen LogP contribution in [0.5, 0.6) is 5.75 Å². The van der Waals surface area contributed by atoms with E-state index >= 15 is 0 Å². The second-order valence-electron chi connectivity index (χ2n) is 1.63. The van der Waals surface area contributed by atoms with Gasteiger partial charge in [-0.25, -0.2) is 0 Å². The van der Waals surface area contributed by atoms with Crippen LogP contribution in [0.4, 0.5) is 0 Å². The maximum absolute atomic E-state index is 9.98. The van der Waals surface area contributed by atoms with E-state index in [0.717, 1.165) is 0 Å². The molecule has 1 aromatic carbocycles. The molecular formula is C6H7CsO3S. The van der Waals surface area contributed by atoms with Gasteiger partial charge in [0.05, 0.1) is 0 Å². The molecule has 0 unspecified atom stereocenters. The van der Waals surface area contributed by atoms with Crippen LogP contribution >= 0.6 is 0 Å². The van der Waals surface area contributed by atoms with Gasteiger partial charge in [-0.1, -0.05) is 18.2 Å². The second kappa shape index (κ2) is 6.53. The number of benzene rings is 1. The molecule has 0 saturated carbocycles. The number of rotatable bonds is 2. The van der Waals surface area contributed by atoms with Gasteiger partial charge >= 0.3 is 68.9 Å². The molecule has 0 N–H and O–H groups in total. The van der Waals surface area contributed by atoms with Crippen molar-refractivity contribution in [1.29, 1.82) is 0 Å². The average molecular weight is 292 g/mol. The van der Waals surface area contributed by atoms with Crippen molar-refractivity contribution in [2.45, 2.75) is 0 Å². The zero-order valence-electron chi connectivity index (χ0n) is 5.06. The van der Waals surface area contributed by atoms with Gasteiger partial charge in [-0.05, 0) is 12.1 Å². The van der Waals surface area contributed by atoms with Crippen LogP contribution in [0.15, 0.2) is 30.3 Å². The van der Waals surface area contributed by atoms with Crippen LogP contribution in [0.25, 0.3) is 0 Å². The van der Waals surface area contributed by atoms with Crippen molar-refractivity contribution in [3.05, 3.63) is 30.3 Å². The van der Waals surface area contributed by atoms with Crippen molar-refractivity contribution in [2.75, 3.05) is 0 Å². The Morgan fingerprint density at radius 2 is 1.64 bits per heavy atom. The van der Waals surface area contributed by atoms with E-state index in [1.165, 1.54) is 0 Å². The number of hydrogen-bond acceptors (Lipinski definition) is 3. The molecule has 0 aliphatic carbocycles. The molecule has 0 saturated heterocycles. The van der Waals surface area contributed by atoms with E-state index in [9.17, 15) is 8.42 Å². The molecule has 0 fully saturated rings. The summed E-state index contributed by atoms with van der Waals surface area (Å²) in [5.41, 5.74) is 0. The molecule has 0 heterocycles. The number of thiol groups is 1. The quantitative estimate of drug-likeness (QED) is 0.777. The molecule has 5 heteroatoms. The fourth-order valence-corrected chi connectivity index (χ4v) is 0.861. The van der Waals surface area contributed by atoms with E-state index in [2.05, 4.69) is 4.18 Å². The molecule has 0 spiro atoms. The summed E-state index contributed by atoms with van der Waals surface area (Å²) in [5, 5.41) is 0. The van der Waals surface area contributed by atoms with Gasteiger partial charge in [0.1, 0.15) is 5.75 Å². The molecule has 1 aromatic rings. The van der Waals surface area contributed by atoms with Gasteiger partial charge in [-0.15, -0.1) is 0 Å². The Bertz CT molecular complexity index is 262. The molecule has 0 atom stereocenters. The first kappa shape index (κ1) is 12.0. The Balaban J connectivity index is 0.000001000. The van der Waals surface area contributed by atoms with Gasteiger partial charge in [-0.2, -0.15) is 8.42 Å². The van der Waals surface area contributed by atoms with E-state index in [1.807, 2.05) is 0 Å². The molecule has 1 rings (SSSR count). The Hall–Kier alpha value is 1.02. The number of hydrogen-bond donors (Lipinski definition) is 1. The standard InChI is InChI=1S/C6H6O3S.Cs.H/c7-10(8)9-6-4-2-1-3-5-6;;/h1-5,10H;;. The molecule has 0 aliphatic heterocycles. The second-order valence-corrected chi connectivity index (χ2v) is 2.26. The third kappa shape index (κ3) is 5.29. The average Bonchev–Trinajstić information content (AvgIpc) is 1.88. The van der Waals surface area contributed by atoms with Crippen LogP contribution < -0.4 is 4.18 Å². The third-order valence-electron chi connectivity index (χ3n) is 0.923. The molecule has 0 radical (unpaired) electrons. The molecule has 0 aliphatic rings. The minimum atomic E-state index is -2.78. The van der Waals surface area contributed by atoms with Gasteiger partial charge in [0, 0.05) is 0 Å². The predicted molar refractivity (Wildman–Crippen MR) is 44.5 cm³/mol. The van der Waals surface area contributed by atoms with Crippen LogP contribution in [0.3, 0.4) is 0 Å². The normalized spacial score (nSPS) is 8.82. The van der Waals surface area contributed by atoms with E-state index in [-0.39, 0.29) is 68.9 Å². The van der Waals surface area contributed by atoms with Crippen molar-refractivity contribution < 1.29 is 12.6 Å². The predicted octanol–water partition coefficient (Wildman–Crippen LogP) is -0.0567. The van der Waals surface area contributed by atoms with Crippen molar-refractivity contribution in [3.8, 4) is 5.75 Å². The summed E-state index contributed by atoms with van der Waals surface area (Å²) in [7, 11) is -2.78. The topological polar surface area (TPSA) is 43.4 Å². The molecule has 3 nitrogen and oxygen atoms in total. The summed E-state index contributed by atoms with van der Waals surface area (Å²) >= 11 is 0. The monoisotopic (exact) mass is 292 g/mol. The molecule has 0 aromatic heterocycles. The molecule has 0 amide bonds. The summed E-state index contributed by atoms with van der Waals surface area (Å²) < 4.78 is 24.3. The van der Waals surface area contributed by atoms with Crippen LogP contribution in [0, 0.1) is 0 Å². The third-order valence-corrected chi connectivity index (χ3v) is 1.28. The van der Waals surface area contributed by atoms with Gasteiger partial charge in [0.15, 0.2) is 0 Å². The van der Waals surface area contributed by atoms with E-state index in [1.54, 1.807) is 30.3 Å². The Morgan fingerprint density at radius 3 is 2.09 bits per heavy atom. The van der Waals surface area contributed by atoms with Gasteiger partial charge in [0.25, 0.3) is 11.0 Å². The summed E-state index contributed by atoms with van der Waals surface area (Å²) in [5.74, 6) is 0.346. The van der Waals surface area contributed by atoms with Gasteiger partial charge in [0.2, 0.25) is 0 Å². The van der Waals surface area contributed by atoms with Crippen molar-refractivity contribution >= 4 is 79.9 Å². The zero-order valence-corrected chi connectivity index (χ0v) is 5.95. The van der Waals surface area contributed by atoms with Gasteiger partial charge in [-0.3, -0.25) is 0 Å². The number of para-hydroxylation sites is 1. The SMILES string of the molecule is O=[SH](=O)Oc1ccccc1.[CsH]. The first-order valence-corrected chi connectivity index (χ1v) is 3.76. The first-order valence-electron chi connectivity index (χ1n) is 2.66. The molecule has 0 bridgehead atoms. The van der Waals surface area contributed by atoms with Crippen LogP contribution in [0.1, 0.15) is 0 Å². The van der Waals surface area contributed by atoms with Crippen LogP contribution in [-0.4, -0.2) is 77.3 Å². The van der Waals surface area contributed by atoms with Gasteiger partial charge < -0.3 is 4.18 Å². The first-order chi connectivity index (χ1) is 4.79. The molecule has 56 valence electrons. The summed E-state index contributed by atoms with van der Waals surface area (Å²) in [6.45, 7) is 0. The fourth-order valence-electron chi connectivity index (χ4n) is 0.567. The van der Waals surface area contributed by atoms with E-state index in [0.29, 0.717) is 5.75 Å². The molecule has 11 heavy (non-hydrogen) atoms. The minimum absolute atomic E-state index is 0. The van der Waals surface area contributed by atoms with Crippen LogP contribution in [0.2, 0.25) is 0 Å². The maximum atomic E-state index is 9.98. The van der Waals surface area contributed by atoms with Crippen LogP contribution in [-0.2, 0) is 11.0 Å². The van der Waals surface area contributed by atoms with Crippen molar-refractivity contribution in [3.63, 3.8) is 0 Å². The summed E-state index contributed by atoms with van der Waals surface area (Å²) in [6.07, 6.45) is 0. The van der Waals surface area contributed by atoms with E-state index < -0.39 is 11.0 Å². The summed E-state index contributed by atoms with van der Waals surface area (Å²) in [6, 6.07) is 8.34. The molecular weight excluding hydrogens is 285 g/mol. The summed E-state index contributed by atoms with van der Waals surface area (Å²) in [4.78, 5) is 0. The Labute approximate surface area is 126 Å². The fraction of sp³-hybridized carbons (Fsp3) is 0.